The number of amides is 2. The van der Waals surface area contributed by atoms with Crippen LogP contribution in [0.3, 0.4) is 0 Å². The summed E-state index contributed by atoms with van der Waals surface area (Å²) in [5, 5.41) is 3.13. The Morgan fingerprint density at radius 2 is 1.88 bits per heavy atom. The molecule has 17 heavy (non-hydrogen) atoms. The molecule has 2 rings (SSSR count). The molecule has 0 aromatic carbocycles. The first-order valence-corrected chi connectivity index (χ1v) is 7.28. The van der Waals surface area contributed by atoms with Gasteiger partial charge in [0.1, 0.15) is 0 Å². The largest absolute Gasteiger partial charge is 0.338 e. The summed E-state index contributed by atoms with van der Waals surface area (Å²) in [5.74, 6) is 1.58. The molecular formula is C14H26N2O. The van der Waals surface area contributed by atoms with E-state index in [1.54, 1.807) is 0 Å². The van der Waals surface area contributed by atoms with Gasteiger partial charge in [0.15, 0.2) is 0 Å². The normalized spacial score (nSPS) is 30.1. The molecule has 1 aliphatic carbocycles. The summed E-state index contributed by atoms with van der Waals surface area (Å²) in [5.41, 5.74) is 0. The maximum Gasteiger partial charge on any atom is 0.317 e. The van der Waals surface area contributed by atoms with E-state index >= 15 is 0 Å². The molecule has 0 aromatic heterocycles. The highest BCUT2D eigenvalue weighted by Crippen LogP contribution is 2.29. The number of nitrogens with one attached hydrogen (secondary N) is 1. The first kappa shape index (κ1) is 12.7. The number of nitrogens with zero attached hydrogens (tertiary/aromatic N) is 1. The van der Waals surface area contributed by atoms with E-state index in [2.05, 4.69) is 12.2 Å². The van der Waals surface area contributed by atoms with Gasteiger partial charge in [-0.15, -0.1) is 0 Å². The van der Waals surface area contributed by atoms with Crippen LogP contribution in [0.25, 0.3) is 0 Å². The number of carbonyl (C=O) groups excluding carboxylic acids is 1. The summed E-state index contributed by atoms with van der Waals surface area (Å²) >= 11 is 0. The predicted molar refractivity (Wildman–Crippen MR) is 69.9 cm³/mol. The van der Waals surface area contributed by atoms with Gasteiger partial charge >= 0.3 is 6.03 Å². The summed E-state index contributed by atoms with van der Waals surface area (Å²) in [7, 11) is 0. The number of hydrogen-bond donors (Lipinski definition) is 1. The van der Waals surface area contributed by atoms with Gasteiger partial charge in [0.05, 0.1) is 0 Å². The Morgan fingerprint density at radius 3 is 2.47 bits per heavy atom. The molecule has 0 bridgehead atoms. The molecule has 3 heteroatoms. The number of likely N-dealkylation sites (tertiary alicyclic amines) is 1. The lowest BCUT2D eigenvalue weighted by Crippen LogP contribution is -2.42. The van der Waals surface area contributed by atoms with Crippen LogP contribution in [-0.2, 0) is 0 Å². The van der Waals surface area contributed by atoms with Crippen LogP contribution in [0, 0.1) is 11.8 Å². The summed E-state index contributed by atoms with van der Waals surface area (Å²) in [6, 6.07) is 0.173. The maximum atomic E-state index is 12.0. The van der Waals surface area contributed by atoms with E-state index in [1.807, 2.05) is 4.90 Å². The Bertz CT molecular complexity index is 247. The fourth-order valence-corrected chi connectivity index (χ4v) is 3.13. The molecule has 3 nitrogen and oxygen atoms in total. The third kappa shape index (κ3) is 3.90. The Balaban J connectivity index is 1.69. The van der Waals surface area contributed by atoms with Crippen LogP contribution >= 0.6 is 0 Å². The Morgan fingerprint density at radius 1 is 1.18 bits per heavy atom. The molecule has 98 valence electrons. The maximum absolute atomic E-state index is 12.0. The minimum Gasteiger partial charge on any atom is -0.338 e. The molecule has 2 fully saturated rings. The number of rotatable bonds is 2. The van der Waals surface area contributed by atoms with E-state index in [4.69, 9.17) is 0 Å². The van der Waals surface area contributed by atoms with Gasteiger partial charge in [0.25, 0.3) is 0 Å². The number of urea groups is 1. The molecule has 2 atom stereocenters. The molecule has 1 aliphatic heterocycles. The van der Waals surface area contributed by atoms with Crippen LogP contribution in [-0.4, -0.2) is 30.6 Å². The minimum absolute atomic E-state index is 0.173. The molecule has 0 aromatic rings. The van der Waals surface area contributed by atoms with Crippen LogP contribution in [0.2, 0.25) is 0 Å². The number of carbonyl (C=O) groups is 1. The van der Waals surface area contributed by atoms with Crippen molar-refractivity contribution in [1.29, 1.82) is 0 Å². The first-order valence-electron chi connectivity index (χ1n) is 7.28. The summed E-state index contributed by atoms with van der Waals surface area (Å²) in [6.45, 7) is 5.11. The molecule has 1 heterocycles. The molecule has 0 spiro atoms. The summed E-state index contributed by atoms with van der Waals surface area (Å²) < 4.78 is 0. The second-order valence-corrected chi connectivity index (χ2v) is 5.87. The Labute approximate surface area is 105 Å². The smallest absolute Gasteiger partial charge is 0.317 e. The average molecular weight is 238 g/mol. The summed E-state index contributed by atoms with van der Waals surface area (Å²) in [6.07, 6.45) is 8.83. The van der Waals surface area contributed by atoms with Crippen molar-refractivity contribution in [1.82, 2.24) is 10.2 Å². The van der Waals surface area contributed by atoms with Gasteiger partial charge < -0.3 is 10.2 Å². The van der Waals surface area contributed by atoms with Gasteiger partial charge in [0.2, 0.25) is 0 Å². The zero-order chi connectivity index (χ0) is 12.1. The Hall–Kier alpha value is -0.730. The van der Waals surface area contributed by atoms with Crippen LogP contribution in [0.4, 0.5) is 4.79 Å². The zero-order valence-electron chi connectivity index (χ0n) is 11.1. The van der Waals surface area contributed by atoms with E-state index < -0.39 is 0 Å². The van der Waals surface area contributed by atoms with E-state index in [-0.39, 0.29) is 6.03 Å². The van der Waals surface area contributed by atoms with Gasteiger partial charge in [-0.25, -0.2) is 4.79 Å². The molecule has 2 unspecified atom stereocenters. The zero-order valence-corrected chi connectivity index (χ0v) is 11.1. The van der Waals surface area contributed by atoms with Crippen LogP contribution in [0.1, 0.15) is 51.9 Å². The van der Waals surface area contributed by atoms with Crippen molar-refractivity contribution in [3.05, 3.63) is 0 Å². The van der Waals surface area contributed by atoms with Gasteiger partial charge in [-0.3, -0.25) is 0 Å². The van der Waals surface area contributed by atoms with E-state index in [1.165, 1.54) is 44.9 Å². The molecular weight excluding hydrogens is 212 g/mol. The fourth-order valence-electron chi connectivity index (χ4n) is 3.13. The van der Waals surface area contributed by atoms with Gasteiger partial charge in [-0.05, 0) is 37.5 Å². The van der Waals surface area contributed by atoms with Crippen molar-refractivity contribution in [2.24, 2.45) is 11.8 Å². The lowest BCUT2D eigenvalue weighted by molar-refractivity contribution is 0.198. The summed E-state index contributed by atoms with van der Waals surface area (Å²) in [4.78, 5) is 14.0. The highest BCUT2D eigenvalue weighted by Gasteiger charge is 2.22. The van der Waals surface area contributed by atoms with Crippen molar-refractivity contribution in [3.8, 4) is 0 Å². The lowest BCUT2D eigenvalue weighted by Gasteiger charge is -2.22. The van der Waals surface area contributed by atoms with Crippen LogP contribution in [0.5, 0.6) is 0 Å². The van der Waals surface area contributed by atoms with Crippen molar-refractivity contribution in [2.75, 3.05) is 19.6 Å². The van der Waals surface area contributed by atoms with Crippen molar-refractivity contribution < 1.29 is 4.79 Å². The average Bonchev–Trinajstić information content (AvgIpc) is 2.58. The van der Waals surface area contributed by atoms with E-state index in [9.17, 15) is 4.79 Å². The van der Waals surface area contributed by atoms with Crippen molar-refractivity contribution in [2.45, 2.75) is 51.9 Å². The third-order valence-electron chi connectivity index (χ3n) is 4.24. The van der Waals surface area contributed by atoms with Crippen molar-refractivity contribution >= 4 is 6.03 Å². The topological polar surface area (TPSA) is 32.3 Å². The first-order chi connectivity index (χ1) is 8.25. The van der Waals surface area contributed by atoms with Gasteiger partial charge in [-0.1, -0.05) is 26.2 Å². The molecule has 0 radical (unpaired) electrons. The van der Waals surface area contributed by atoms with Gasteiger partial charge in [0, 0.05) is 19.6 Å². The highest BCUT2D eigenvalue weighted by atomic mass is 16.2. The van der Waals surface area contributed by atoms with E-state index in [0.717, 1.165) is 31.5 Å². The minimum atomic E-state index is 0.173. The van der Waals surface area contributed by atoms with E-state index in [0.29, 0.717) is 0 Å². The monoisotopic (exact) mass is 238 g/mol. The predicted octanol–water partition coefficient (Wildman–Crippen LogP) is 3.01. The van der Waals surface area contributed by atoms with Crippen LogP contribution < -0.4 is 5.32 Å². The molecule has 1 N–H and O–H groups in total. The SMILES string of the molecule is CC1CCC(CNC(=O)N2CCCCCC2)C1. The lowest BCUT2D eigenvalue weighted by atomic mass is 10.1. The fraction of sp³-hybridized carbons (Fsp3) is 0.929. The molecule has 2 aliphatic rings. The van der Waals surface area contributed by atoms with Gasteiger partial charge in [-0.2, -0.15) is 0 Å². The Kier molecular flexibility index (Phi) is 4.69. The second kappa shape index (κ2) is 6.27. The second-order valence-electron chi connectivity index (χ2n) is 5.87. The molecule has 1 saturated heterocycles. The molecule has 1 saturated carbocycles. The third-order valence-corrected chi connectivity index (χ3v) is 4.24. The van der Waals surface area contributed by atoms with Crippen LogP contribution in [0.15, 0.2) is 0 Å². The highest BCUT2D eigenvalue weighted by molar-refractivity contribution is 5.74. The standard InChI is InChI=1S/C14H26N2O/c1-12-6-7-13(10-12)11-15-14(17)16-8-4-2-3-5-9-16/h12-13H,2-11H2,1H3,(H,15,17). The quantitative estimate of drug-likeness (QED) is 0.788. The molecule has 2 amide bonds. The number of hydrogen-bond acceptors (Lipinski definition) is 1. The van der Waals surface area contributed by atoms with Crippen molar-refractivity contribution in [3.63, 3.8) is 0 Å².